The summed E-state index contributed by atoms with van der Waals surface area (Å²) in [5.41, 5.74) is 0.652. The number of rotatable bonds is 5. The highest BCUT2D eigenvalue weighted by atomic mass is 16.2. The number of urea groups is 1. The van der Waals surface area contributed by atoms with Crippen LogP contribution in [-0.4, -0.2) is 68.1 Å². The van der Waals surface area contributed by atoms with Crippen LogP contribution in [0.4, 0.5) is 10.7 Å². The fraction of sp³-hybridized carbons (Fsp3) is 0.500. The number of amides is 3. The summed E-state index contributed by atoms with van der Waals surface area (Å²) >= 11 is 0. The zero-order valence-corrected chi connectivity index (χ0v) is 15.7. The van der Waals surface area contributed by atoms with E-state index in [1.165, 1.54) is 0 Å². The van der Waals surface area contributed by atoms with Gasteiger partial charge in [-0.25, -0.2) is 4.79 Å². The molecule has 1 aliphatic heterocycles. The highest BCUT2D eigenvalue weighted by molar-refractivity contribution is 5.91. The van der Waals surface area contributed by atoms with Gasteiger partial charge in [0.25, 0.3) is 0 Å². The van der Waals surface area contributed by atoms with Gasteiger partial charge in [-0.2, -0.15) is 4.98 Å². The van der Waals surface area contributed by atoms with E-state index in [1.54, 1.807) is 16.0 Å². The van der Waals surface area contributed by atoms with Crippen molar-refractivity contribution in [3.05, 3.63) is 24.4 Å². The molecule has 0 aliphatic carbocycles. The molecule has 3 heterocycles. The number of carbonyl (C=O) groups excluding carboxylic acids is 2. The van der Waals surface area contributed by atoms with Gasteiger partial charge in [0.05, 0.1) is 5.92 Å². The predicted octanol–water partition coefficient (Wildman–Crippen LogP) is 1.98. The Bertz CT molecular complexity index is 773. The fourth-order valence-corrected chi connectivity index (χ4v) is 3.21. The van der Waals surface area contributed by atoms with Crippen molar-refractivity contribution >= 4 is 17.9 Å². The summed E-state index contributed by atoms with van der Waals surface area (Å²) in [5, 5.41) is 9.56. The monoisotopic (exact) mass is 371 g/mol. The fourth-order valence-electron chi connectivity index (χ4n) is 3.21. The first-order valence-electron chi connectivity index (χ1n) is 9.30. The van der Waals surface area contributed by atoms with Crippen molar-refractivity contribution < 1.29 is 9.59 Å². The van der Waals surface area contributed by atoms with Gasteiger partial charge in [-0.1, -0.05) is 6.07 Å². The largest absolute Gasteiger partial charge is 0.325 e. The molecule has 1 unspecified atom stereocenters. The number of nitrogens with zero attached hydrogens (tertiary/aromatic N) is 5. The van der Waals surface area contributed by atoms with Crippen LogP contribution >= 0.6 is 0 Å². The van der Waals surface area contributed by atoms with E-state index in [0.29, 0.717) is 37.7 Å². The molecule has 1 fully saturated rings. The van der Waals surface area contributed by atoms with Crippen molar-refractivity contribution in [2.24, 2.45) is 5.92 Å². The van der Waals surface area contributed by atoms with Crippen LogP contribution in [-0.2, 0) is 4.79 Å². The summed E-state index contributed by atoms with van der Waals surface area (Å²) in [5.74, 6) is 0.273. The van der Waals surface area contributed by atoms with Gasteiger partial charge in [0.2, 0.25) is 11.9 Å². The maximum atomic E-state index is 12.6. The third-order valence-corrected chi connectivity index (χ3v) is 4.72. The second-order valence-electron chi connectivity index (χ2n) is 6.45. The smallest absolute Gasteiger partial charge is 0.320 e. The lowest BCUT2D eigenvalue weighted by atomic mass is 9.97. The first kappa shape index (κ1) is 18.8. The number of likely N-dealkylation sites (tertiary alicyclic amines) is 1. The average molecular weight is 371 g/mol. The van der Waals surface area contributed by atoms with Gasteiger partial charge in [0, 0.05) is 32.4 Å². The molecule has 27 heavy (non-hydrogen) atoms. The van der Waals surface area contributed by atoms with Crippen molar-refractivity contribution in [1.29, 1.82) is 0 Å². The normalized spacial score (nSPS) is 16.8. The van der Waals surface area contributed by atoms with E-state index in [0.717, 1.165) is 12.8 Å². The predicted molar refractivity (Wildman–Crippen MR) is 101 cm³/mol. The number of nitrogens with one attached hydrogen (secondary N) is 2. The molecular formula is C18H25N7O2. The molecule has 0 radical (unpaired) electrons. The number of aromatic amines is 1. The summed E-state index contributed by atoms with van der Waals surface area (Å²) in [4.78, 5) is 37.2. The zero-order valence-electron chi connectivity index (χ0n) is 15.7. The van der Waals surface area contributed by atoms with Gasteiger partial charge in [-0.15, -0.1) is 5.10 Å². The zero-order chi connectivity index (χ0) is 19.2. The minimum absolute atomic E-state index is 0.00664. The summed E-state index contributed by atoms with van der Waals surface area (Å²) in [7, 11) is 0. The third kappa shape index (κ3) is 4.42. The van der Waals surface area contributed by atoms with Crippen LogP contribution in [0.5, 0.6) is 0 Å². The Morgan fingerprint density at radius 1 is 1.33 bits per heavy atom. The molecule has 3 rings (SSSR count). The molecule has 2 N–H and O–H groups in total. The lowest BCUT2D eigenvalue weighted by Gasteiger charge is -2.35. The molecule has 9 nitrogen and oxygen atoms in total. The Kier molecular flexibility index (Phi) is 6.00. The summed E-state index contributed by atoms with van der Waals surface area (Å²) < 4.78 is 0. The Hall–Kier alpha value is -2.97. The van der Waals surface area contributed by atoms with Crippen LogP contribution in [0.2, 0.25) is 0 Å². The molecule has 2 aromatic rings. The second-order valence-corrected chi connectivity index (χ2v) is 6.45. The molecule has 0 aromatic carbocycles. The number of hydrogen-bond donors (Lipinski definition) is 2. The molecule has 2 aromatic heterocycles. The SMILES string of the molecule is CCN(CC)C(=O)N1CCCC(C(=O)Nc2n[nH]c(-c3ccccn3)n2)C1. The molecule has 144 valence electrons. The molecule has 1 atom stereocenters. The van der Waals surface area contributed by atoms with E-state index in [9.17, 15) is 9.59 Å². The van der Waals surface area contributed by atoms with Gasteiger partial charge in [0.1, 0.15) is 5.69 Å². The van der Waals surface area contributed by atoms with Gasteiger partial charge < -0.3 is 9.80 Å². The molecule has 9 heteroatoms. The van der Waals surface area contributed by atoms with E-state index in [1.807, 2.05) is 32.0 Å². The number of anilines is 1. The topological polar surface area (TPSA) is 107 Å². The lowest BCUT2D eigenvalue weighted by Crippen LogP contribution is -2.49. The third-order valence-electron chi connectivity index (χ3n) is 4.72. The number of pyridine rings is 1. The van der Waals surface area contributed by atoms with E-state index in [4.69, 9.17) is 0 Å². The maximum absolute atomic E-state index is 12.6. The molecular weight excluding hydrogens is 346 g/mol. The highest BCUT2D eigenvalue weighted by Gasteiger charge is 2.30. The van der Waals surface area contributed by atoms with Crippen molar-refractivity contribution in [2.45, 2.75) is 26.7 Å². The van der Waals surface area contributed by atoms with E-state index >= 15 is 0 Å². The first-order chi connectivity index (χ1) is 13.1. The van der Waals surface area contributed by atoms with Gasteiger partial charge in [-0.05, 0) is 38.8 Å². The Labute approximate surface area is 158 Å². The van der Waals surface area contributed by atoms with Crippen LogP contribution in [0, 0.1) is 5.92 Å². The number of piperidine rings is 1. The Balaban J connectivity index is 1.61. The lowest BCUT2D eigenvalue weighted by molar-refractivity contribution is -0.121. The van der Waals surface area contributed by atoms with E-state index in [2.05, 4.69) is 25.5 Å². The quantitative estimate of drug-likeness (QED) is 0.836. The standard InChI is InChI=1S/C18H25N7O2/c1-3-24(4-2)18(27)25-11-7-8-13(12-25)16(26)21-17-20-15(22-23-17)14-9-5-6-10-19-14/h5-6,9-10,13H,3-4,7-8,11-12H2,1-2H3,(H2,20,21,22,23,26). The van der Waals surface area contributed by atoms with E-state index < -0.39 is 0 Å². The summed E-state index contributed by atoms with van der Waals surface area (Å²) in [6.07, 6.45) is 3.21. The number of H-pyrrole nitrogens is 1. The Morgan fingerprint density at radius 3 is 2.85 bits per heavy atom. The van der Waals surface area contributed by atoms with Crippen LogP contribution in [0.15, 0.2) is 24.4 Å². The molecule has 1 saturated heterocycles. The van der Waals surface area contributed by atoms with Crippen LogP contribution in [0.25, 0.3) is 11.5 Å². The second kappa shape index (κ2) is 8.61. The first-order valence-corrected chi connectivity index (χ1v) is 9.30. The average Bonchev–Trinajstić information content (AvgIpc) is 3.18. The summed E-state index contributed by atoms with van der Waals surface area (Å²) in [6.45, 7) is 6.34. The molecule has 0 bridgehead atoms. The summed E-state index contributed by atoms with van der Waals surface area (Å²) in [6, 6.07) is 5.47. The number of aromatic nitrogens is 4. The van der Waals surface area contributed by atoms with Gasteiger partial charge in [-0.3, -0.25) is 20.2 Å². The van der Waals surface area contributed by atoms with Crippen molar-refractivity contribution in [3.63, 3.8) is 0 Å². The number of hydrogen-bond acceptors (Lipinski definition) is 5. The van der Waals surface area contributed by atoms with E-state index in [-0.39, 0.29) is 23.8 Å². The van der Waals surface area contributed by atoms with Gasteiger partial charge in [0.15, 0.2) is 5.82 Å². The Morgan fingerprint density at radius 2 is 2.15 bits per heavy atom. The van der Waals surface area contributed by atoms with Crippen LogP contribution < -0.4 is 5.32 Å². The minimum Gasteiger partial charge on any atom is -0.325 e. The van der Waals surface area contributed by atoms with Crippen LogP contribution in [0.3, 0.4) is 0 Å². The van der Waals surface area contributed by atoms with Crippen molar-refractivity contribution in [1.82, 2.24) is 30.0 Å². The van der Waals surface area contributed by atoms with Crippen LogP contribution in [0.1, 0.15) is 26.7 Å². The van der Waals surface area contributed by atoms with Gasteiger partial charge >= 0.3 is 6.03 Å². The minimum atomic E-state index is -0.268. The molecule has 1 aliphatic rings. The molecule has 0 saturated carbocycles. The molecule has 0 spiro atoms. The number of carbonyl (C=O) groups is 2. The highest BCUT2D eigenvalue weighted by Crippen LogP contribution is 2.20. The van der Waals surface area contributed by atoms with Crippen molar-refractivity contribution in [3.8, 4) is 11.5 Å². The van der Waals surface area contributed by atoms with Crippen molar-refractivity contribution in [2.75, 3.05) is 31.5 Å². The molecule has 3 amide bonds. The maximum Gasteiger partial charge on any atom is 0.320 e.